The second-order valence-corrected chi connectivity index (χ2v) is 5.81. The molecule has 0 radical (unpaired) electrons. The molecule has 3 rings (SSSR count). The molecule has 24 heavy (non-hydrogen) atoms. The maximum absolute atomic E-state index is 13.7. The number of hydrogen-bond donors (Lipinski definition) is 2. The Morgan fingerprint density at radius 3 is 2.50 bits per heavy atom. The molecule has 0 unspecified atom stereocenters. The second-order valence-electron chi connectivity index (χ2n) is 5.81. The maximum Gasteiger partial charge on any atom is 0.314 e. The molecule has 0 aliphatic heterocycles. The molecule has 1 aliphatic carbocycles. The van der Waals surface area contributed by atoms with E-state index in [0.717, 1.165) is 0 Å². The first-order chi connectivity index (χ1) is 11.4. The minimum absolute atomic E-state index is 0.0505. The third kappa shape index (κ3) is 3.12. The first kappa shape index (κ1) is 16.1. The van der Waals surface area contributed by atoms with Gasteiger partial charge in [0.1, 0.15) is 17.5 Å². The molecule has 2 aromatic rings. The predicted octanol–water partition coefficient (Wildman–Crippen LogP) is 1.62. The van der Waals surface area contributed by atoms with Crippen LogP contribution in [0.5, 0.6) is 0 Å². The van der Waals surface area contributed by atoms with Gasteiger partial charge in [-0.15, -0.1) is 0 Å². The van der Waals surface area contributed by atoms with Gasteiger partial charge in [-0.2, -0.15) is 5.10 Å². The molecule has 1 aromatic carbocycles. The van der Waals surface area contributed by atoms with Crippen molar-refractivity contribution in [2.45, 2.75) is 25.3 Å². The molecule has 6 nitrogen and oxygen atoms in total. The third-order valence-corrected chi connectivity index (χ3v) is 3.93. The van der Waals surface area contributed by atoms with E-state index in [-0.39, 0.29) is 5.56 Å². The average molecular weight is 334 g/mol. The average Bonchev–Trinajstić information content (AvgIpc) is 3.16. The summed E-state index contributed by atoms with van der Waals surface area (Å²) in [5.74, 6) is -3.06. The highest BCUT2D eigenvalue weighted by molar-refractivity contribution is 6.39. The number of anilines is 1. The Labute approximate surface area is 136 Å². The van der Waals surface area contributed by atoms with Crippen LogP contribution in [0.2, 0.25) is 0 Å². The van der Waals surface area contributed by atoms with E-state index in [1.807, 2.05) is 0 Å². The summed E-state index contributed by atoms with van der Waals surface area (Å²) in [5, 5.41) is 8.99. The van der Waals surface area contributed by atoms with Crippen molar-refractivity contribution >= 4 is 17.6 Å². The Kier molecular flexibility index (Phi) is 4.04. The smallest absolute Gasteiger partial charge is 0.314 e. The summed E-state index contributed by atoms with van der Waals surface area (Å²) >= 11 is 0. The first-order valence-electron chi connectivity index (χ1n) is 7.43. The van der Waals surface area contributed by atoms with E-state index >= 15 is 0 Å². The van der Waals surface area contributed by atoms with Crippen LogP contribution >= 0.6 is 0 Å². The molecule has 0 spiro atoms. The van der Waals surface area contributed by atoms with Crippen molar-refractivity contribution in [3.63, 3.8) is 0 Å². The van der Waals surface area contributed by atoms with Crippen molar-refractivity contribution in [1.82, 2.24) is 15.1 Å². The fourth-order valence-corrected chi connectivity index (χ4v) is 2.67. The van der Waals surface area contributed by atoms with Crippen LogP contribution in [0, 0.1) is 18.6 Å². The number of carbonyl (C=O) groups excluding carboxylic acids is 2. The molecule has 1 saturated carbocycles. The fraction of sp³-hybridized carbons (Fsp3) is 0.312. The molecule has 126 valence electrons. The van der Waals surface area contributed by atoms with E-state index < -0.39 is 35.4 Å². The molecule has 2 atom stereocenters. The maximum atomic E-state index is 13.7. The SMILES string of the molecule is Cc1cc(NC(=O)C(=O)N[C@H]2C[C@H]2c2c(F)cccc2F)n(C)n1. The third-order valence-electron chi connectivity index (χ3n) is 3.93. The lowest BCUT2D eigenvalue weighted by molar-refractivity contribution is -0.136. The number of amides is 2. The van der Waals surface area contributed by atoms with Gasteiger partial charge in [0.2, 0.25) is 0 Å². The topological polar surface area (TPSA) is 76.0 Å². The quantitative estimate of drug-likeness (QED) is 0.838. The number of halogens is 2. The Bertz CT molecular complexity index is 798. The van der Waals surface area contributed by atoms with Crippen molar-refractivity contribution in [3.05, 3.63) is 47.2 Å². The Balaban J connectivity index is 1.60. The first-order valence-corrected chi connectivity index (χ1v) is 7.43. The number of aryl methyl sites for hydroxylation is 2. The van der Waals surface area contributed by atoms with Crippen LogP contribution in [0.1, 0.15) is 23.6 Å². The van der Waals surface area contributed by atoms with Crippen molar-refractivity contribution in [3.8, 4) is 0 Å². The number of aromatic nitrogens is 2. The van der Waals surface area contributed by atoms with Gasteiger partial charge in [0.25, 0.3) is 0 Å². The summed E-state index contributed by atoms with van der Waals surface area (Å²) in [4.78, 5) is 23.8. The van der Waals surface area contributed by atoms with Crippen LogP contribution < -0.4 is 10.6 Å². The molecule has 8 heteroatoms. The van der Waals surface area contributed by atoms with E-state index in [4.69, 9.17) is 0 Å². The summed E-state index contributed by atoms with van der Waals surface area (Å²) in [6.45, 7) is 1.76. The normalized spacial score (nSPS) is 19.0. The summed E-state index contributed by atoms with van der Waals surface area (Å²) in [7, 11) is 1.64. The molecule has 0 bridgehead atoms. The lowest BCUT2D eigenvalue weighted by Crippen LogP contribution is -2.37. The van der Waals surface area contributed by atoms with Crippen molar-refractivity contribution in [1.29, 1.82) is 0 Å². The van der Waals surface area contributed by atoms with Gasteiger partial charge >= 0.3 is 11.8 Å². The zero-order valence-electron chi connectivity index (χ0n) is 13.1. The van der Waals surface area contributed by atoms with Crippen molar-refractivity contribution < 1.29 is 18.4 Å². The second kappa shape index (κ2) is 6.03. The number of nitrogens with zero attached hydrogens (tertiary/aromatic N) is 2. The van der Waals surface area contributed by atoms with E-state index in [2.05, 4.69) is 15.7 Å². The summed E-state index contributed by atoms with van der Waals surface area (Å²) in [6, 6.07) is 4.80. The lowest BCUT2D eigenvalue weighted by atomic mass is 10.1. The Morgan fingerprint density at radius 2 is 1.92 bits per heavy atom. The number of hydrogen-bond acceptors (Lipinski definition) is 3. The molecular weight excluding hydrogens is 318 g/mol. The van der Waals surface area contributed by atoms with Crippen molar-refractivity contribution in [2.24, 2.45) is 7.05 Å². The highest BCUT2D eigenvalue weighted by atomic mass is 19.1. The number of rotatable bonds is 3. The van der Waals surface area contributed by atoms with E-state index in [0.29, 0.717) is 17.9 Å². The van der Waals surface area contributed by atoms with E-state index in [1.165, 1.54) is 22.9 Å². The summed E-state index contributed by atoms with van der Waals surface area (Å²) in [6.07, 6.45) is 0.391. The number of carbonyl (C=O) groups is 2. The molecule has 0 saturated heterocycles. The van der Waals surface area contributed by atoms with Crippen LogP contribution in [0.4, 0.5) is 14.6 Å². The molecule has 1 aliphatic rings. The van der Waals surface area contributed by atoms with Gasteiger partial charge in [0, 0.05) is 30.6 Å². The highest BCUT2D eigenvalue weighted by Crippen LogP contribution is 2.43. The standard InChI is InChI=1S/C16H16F2N4O2/c1-8-6-13(22(2)21-8)20-16(24)15(23)19-12-7-9(12)14-10(17)4-3-5-11(14)18/h3-6,9,12H,7H2,1-2H3,(H,19,23)(H,20,24)/t9-,12+/m1/s1. The van der Waals surface area contributed by atoms with Gasteiger partial charge in [0.05, 0.1) is 5.69 Å². The largest absolute Gasteiger partial charge is 0.344 e. The highest BCUT2D eigenvalue weighted by Gasteiger charge is 2.43. The molecular formula is C16H16F2N4O2. The number of benzene rings is 1. The minimum Gasteiger partial charge on any atom is -0.344 e. The van der Waals surface area contributed by atoms with Crippen molar-refractivity contribution in [2.75, 3.05) is 5.32 Å². The molecule has 1 fully saturated rings. The van der Waals surface area contributed by atoms with Gasteiger partial charge in [-0.25, -0.2) is 8.78 Å². The summed E-state index contributed by atoms with van der Waals surface area (Å²) < 4.78 is 28.8. The minimum atomic E-state index is -0.849. The number of nitrogens with one attached hydrogen (secondary N) is 2. The molecule has 1 aromatic heterocycles. The lowest BCUT2D eigenvalue weighted by Gasteiger charge is -2.07. The van der Waals surface area contributed by atoms with Gasteiger partial charge in [-0.3, -0.25) is 14.3 Å². The van der Waals surface area contributed by atoms with Crippen LogP contribution in [-0.2, 0) is 16.6 Å². The molecule has 2 amide bonds. The van der Waals surface area contributed by atoms with Crippen LogP contribution in [-0.4, -0.2) is 27.6 Å². The predicted molar refractivity (Wildman–Crippen MR) is 82.2 cm³/mol. The van der Waals surface area contributed by atoms with Gasteiger partial charge in [-0.1, -0.05) is 6.07 Å². The monoisotopic (exact) mass is 334 g/mol. The Hall–Kier alpha value is -2.77. The van der Waals surface area contributed by atoms with Gasteiger partial charge in [-0.05, 0) is 25.5 Å². The molecule has 1 heterocycles. The van der Waals surface area contributed by atoms with Gasteiger partial charge < -0.3 is 10.6 Å². The van der Waals surface area contributed by atoms with Gasteiger partial charge in [0.15, 0.2) is 0 Å². The molecule has 2 N–H and O–H groups in total. The van der Waals surface area contributed by atoms with E-state index in [9.17, 15) is 18.4 Å². The van der Waals surface area contributed by atoms with E-state index in [1.54, 1.807) is 20.0 Å². The summed E-state index contributed by atoms with van der Waals surface area (Å²) in [5.41, 5.74) is 0.649. The zero-order valence-corrected chi connectivity index (χ0v) is 13.1. The fourth-order valence-electron chi connectivity index (χ4n) is 2.67. The van der Waals surface area contributed by atoms with Crippen LogP contribution in [0.25, 0.3) is 0 Å². The zero-order chi connectivity index (χ0) is 17.4. The van der Waals surface area contributed by atoms with Crippen LogP contribution in [0.3, 0.4) is 0 Å². The Morgan fingerprint density at radius 1 is 1.25 bits per heavy atom. The van der Waals surface area contributed by atoms with Crippen LogP contribution in [0.15, 0.2) is 24.3 Å².